The van der Waals surface area contributed by atoms with Crippen LogP contribution in [0.3, 0.4) is 0 Å². The average Bonchev–Trinajstić information content (AvgIpc) is 3.59. The number of thiophene rings is 2. The van der Waals surface area contributed by atoms with Crippen LogP contribution in [0.2, 0.25) is 0 Å². The van der Waals surface area contributed by atoms with E-state index in [1.807, 2.05) is 16.3 Å². The first-order valence-electron chi connectivity index (χ1n) is 10.6. The Labute approximate surface area is 195 Å². The van der Waals surface area contributed by atoms with Crippen molar-refractivity contribution in [1.82, 2.24) is 9.62 Å². The molecule has 0 bridgehead atoms. The van der Waals surface area contributed by atoms with Gasteiger partial charge in [-0.2, -0.15) is 0 Å². The summed E-state index contributed by atoms with van der Waals surface area (Å²) in [6.45, 7) is 1.51. The first kappa shape index (κ1) is 21.8. The van der Waals surface area contributed by atoms with E-state index < -0.39 is 10.0 Å². The summed E-state index contributed by atoms with van der Waals surface area (Å²) in [6, 6.07) is 12.3. The zero-order chi connectivity index (χ0) is 22.1. The van der Waals surface area contributed by atoms with E-state index in [2.05, 4.69) is 22.2 Å². The molecule has 0 aliphatic carbocycles. The van der Waals surface area contributed by atoms with Gasteiger partial charge in [-0.05, 0) is 65.9 Å². The average molecular weight is 489 g/mol. The van der Waals surface area contributed by atoms with Crippen molar-refractivity contribution in [2.24, 2.45) is 0 Å². The van der Waals surface area contributed by atoms with Crippen LogP contribution in [0.4, 0.5) is 0 Å². The summed E-state index contributed by atoms with van der Waals surface area (Å²) in [5.74, 6) is -0.156. The Kier molecular flexibility index (Phi) is 6.18. The number of hydrogen-bond acceptors (Lipinski definition) is 6. The quantitative estimate of drug-likeness (QED) is 0.568. The van der Waals surface area contributed by atoms with E-state index in [1.165, 1.54) is 22.6 Å². The summed E-state index contributed by atoms with van der Waals surface area (Å²) in [7, 11) is -3.73. The van der Waals surface area contributed by atoms with Gasteiger partial charge >= 0.3 is 0 Å². The second-order valence-electron chi connectivity index (χ2n) is 7.98. The van der Waals surface area contributed by atoms with Crippen LogP contribution in [0.15, 0.2) is 58.1 Å². The van der Waals surface area contributed by atoms with Crippen LogP contribution in [0, 0.1) is 0 Å². The molecular formula is C23H24N2O4S3. The molecular weight excluding hydrogens is 464 g/mol. The molecule has 32 heavy (non-hydrogen) atoms. The molecule has 0 saturated carbocycles. The number of carbonyl (C=O) groups excluding carboxylic acids is 1. The number of nitrogens with zero attached hydrogens (tertiary/aromatic N) is 1. The Hall–Kier alpha value is -2.04. The molecule has 2 atom stereocenters. The minimum Gasteiger partial charge on any atom is -0.377 e. The molecule has 168 valence electrons. The molecule has 5 rings (SSSR count). The minimum absolute atomic E-state index is 0.0886. The predicted molar refractivity (Wildman–Crippen MR) is 126 cm³/mol. The maximum absolute atomic E-state index is 13.6. The molecule has 4 heterocycles. The fourth-order valence-electron chi connectivity index (χ4n) is 4.34. The molecule has 2 aromatic heterocycles. The molecule has 2 unspecified atom stereocenters. The molecule has 2 aliphatic rings. The second kappa shape index (κ2) is 9.07. The van der Waals surface area contributed by atoms with E-state index in [0.717, 1.165) is 24.1 Å². The summed E-state index contributed by atoms with van der Waals surface area (Å²) in [6.07, 6.45) is 2.52. The lowest BCUT2D eigenvalue weighted by molar-refractivity contribution is 0.0698. The lowest BCUT2D eigenvalue weighted by Crippen LogP contribution is -2.40. The Morgan fingerprint density at radius 3 is 2.84 bits per heavy atom. The number of amides is 1. The number of rotatable bonds is 6. The Morgan fingerprint density at radius 2 is 2.06 bits per heavy atom. The topological polar surface area (TPSA) is 75.7 Å². The van der Waals surface area contributed by atoms with Gasteiger partial charge in [0, 0.05) is 35.0 Å². The number of sulfonamides is 1. The molecule has 1 saturated heterocycles. The van der Waals surface area contributed by atoms with Crippen LogP contribution >= 0.6 is 22.7 Å². The third kappa shape index (κ3) is 4.27. The Morgan fingerprint density at radius 1 is 1.16 bits per heavy atom. The summed E-state index contributed by atoms with van der Waals surface area (Å²) in [5, 5.41) is 4.09. The van der Waals surface area contributed by atoms with Crippen molar-refractivity contribution in [2.45, 2.75) is 36.3 Å². The molecule has 6 nitrogen and oxygen atoms in total. The highest BCUT2D eigenvalue weighted by Gasteiger charge is 2.34. The Bertz CT molecular complexity index is 1200. The zero-order valence-electron chi connectivity index (χ0n) is 17.4. The zero-order valence-corrected chi connectivity index (χ0v) is 19.8. The van der Waals surface area contributed by atoms with Crippen molar-refractivity contribution in [3.05, 3.63) is 74.1 Å². The number of carbonyl (C=O) groups is 1. The van der Waals surface area contributed by atoms with Gasteiger partial charge in [-0.15, -0.1) is 22.7 Å². The third-order valence-corrected chi connectivity index (χ3v) is 9.30. The van der Waals surface area contributed by atoms with E-state index in [4.69, 9.17) is 4.74 Å². The standard InChI is InChI=1S/C23H24N2O4S3/c26-23(25-10-8-20-19(9-13-31-20)22(25)21-7-3-12-30-21)16-4-1-6-18(14-16)32(27,28)24-15-17-5-2-11-29-17/h1,3-4,6-7,9,12-14,17,22,24H,2,5,8,10-11,15H2. The number of ether oxygens (including phenoxy) is 1. The lowest BCUT2D eigenvalue weighted by Gasteiger charge is -2.35. The molecule has 1 N–H and O–H groups in total. The third-order valence-electron chi connectivity index (χ3n) is 5.96. The van der Waals surface area contributed by atoms with Crippen LogP contribution in [0.5, 0.6) is 0 Å². The highest BCUT2D eigenvalue weighted by atomic mass is 32.2. The highest BCUT2D eigenvalue weighted by Crippen LogP contribution is 2.40. The molecule has 1 amide bonds. The van der Waals surface area contributed by atoms with Crippen molar-refractivity contribution in [3.63, 3.8) is 0 Å². The van der Waals surface area contributed by atoms with Gasteiger partial charge in [0.05, 0.1) is 17.0 Å². The van der Waals surface area contributed by atoms with Crippen molar-refractivity contribution in [2.75, 3.05) is 19.7 Å². The Balaban J connectivity index is 1.41. The number of benzene rings is 1. The monoisotopic (exact) mass is 488 g/mol. The largest absolute Gasteiger partial charge is 0.377 e. The van der Waals surface area contributed by atoms with Gasteiger partial charge in [0.2, 0.25) is 10.0 Å². The van der Waals surface area contributed by atoms with Crippen molar-refractivity contribution in [1.29, 1.82) is 0 Å². The van der Waals surface area contributed by atoms with Gasteiger partial charge in [-0.25, -0.2) is 13.1 Å². The minimum atomic E-state index is -3.73. The molecule has 2 aliphatic heterocycles. The van der Waals surface area contributed by atoms with Crippen LogP contribution in [0.25, 0.3) is 0 Å². The molecule has 1 fully saturated rings. The molecule has 9 heteroatoms. The fourth-order valence-corrected chi connectivity index (χ4v) is 7.21. The molecule has 3 aromatic rings. The summed E-state index contributed by atoms with van der Waals surface area (Å²) in [4.78, 5) is 18.0. The summed E-state index contributed by atoms with van der Waals surface area (Å²) >= 11 is 3.36. The maximum atomic E-state index is 13.6. The van der Waals surface area contributed by atoms with Crippen molar-refractivity contribution >= 4 is 38.6 Å². The van der Waals surface area contributed by atoms with Gasteiger partial charge in [0.15, 0.2) is 0 Å². The van der Waals surface area contributed by atoms with Gasteiger partial charge < -0.3 is 9.64 Å². The molecule has 0 radical (unpaired) electrons. The van der Waals surface area contributed by atoms with E-state index in [-0.39, 0.29) is 29.5 Å². The van der Waals surface area contributed by atoms with E-state index in [9.17, 15) is 13.2 Å². The van der Waals surface area contributed by atoms with Crippen LogP contribution in [-0.4, -0.2) is 45.0 Å². The van der Waals surface area contributed by atoms with Crippen LogP contribution in [0.1, 0.15) is 44.6 Å². The van der Waals surface area contributed by atoms with Crippen molar-refractivity contribution < 1.29 is 17.9 Å². The summed E-state index contributed by atoms with van der Waals surface area (Å²) < 4.78 is 33.8. The highest BCUT2D eigenvalue weighted by molar-refractivity contribution is 7.89. The second-order valence-corrected chi connectivity index (χ2v) is 11.7. The predicted octanol–water partition coefficient (Wildman–Crippen LogP) is 4.05. The van der Waals surface area contributed by atoms with E-state index in [1.54, 1.807) is 34.8 Å². The lowest BCUT2D eigenvalue weighted by atomic mass is 9.97. The molecule has 0 spiro atoms. The first-order chi connectivity index (χ1) is 15.5. The normalized spacial score (nSPS) is 20.9. The van der Waals surface area contributed by atoms with Crippen molar-refractivity contribution in [3.8, 4) is 0 Å². The SMILES string of the molecule is O=C(c1cccc(S(=O)(=O)NCC2CCCO2)c1)N1CCc2sccc2C1c1cccs1. The first-order valence-corrected chi connectivity index (χ1v) is 13.9. The smallest absolute Gasteiger partial charge is 0.254 e. The number of fused-ring (bicyclic) bond motifs is 1. The van der Waals surface area contributed by atoms with Gasteiger partial charge in [-0.1, -0.05) is 12.1 Å². The maximum Gasteiger partial charge on any atom is 0.254 e. The van der Waals surface area contributed by atoms with Gasteiger partial charge in [0.1, 0.15) is 0 Å². The van der Waals surface area contributed by atoms with E-state index in [0.29, 0.717) is 18.7 Å². The summed E-state index contributed by atoms with van der Waals surface area (Å²) in [5.41, 5.74) is 1.55. The van der Waals surface area contributed by atoms with E-state index >= 15 is 0 Å². The van der Waals surface area contributed by atoms with Gasteiger partial charge in [-0.3, -0.25) is 4.79 Å². The number of hydrogen-bond donors (Lipinski definition) is 1. The van der Waals surface area contributed by atoms with Crippen LogP contribution < -0.4 is 4.72 Å². The fraction of sp³-hybridized carbons (Fsp3) is 0.348. The molecule has 1 aromatic carbocycles. The van der Waals surface area contributed by atoms with Crippen LogP contribution in [-0.2, 0) is 21.2 Å². The van der Waals surface area contributed by atoms with Gasteiger partial charge in [0.25, 0.3) is 5.91 Å². The number of nitrogens with one attached hydrogen (secondary N) is 1.